The smallest absolute Gasteiger partial charge is 0.471 e. The fourth-order valence-corrected chi connectivity index (χ4v) is 2.91. The number of alkyl halides is 3. The minimum atomic E-state index is -4.92. The Labute approximate surface area is 95.4 Å². The second kappa shape index (κ2) is 3.61. The zero-order valence-electron chi connectivity index (χ0n) is 8.96. The summed E-state index contributed by atoms with van der Waals surface area (Å²) in [5, 5.41) is 9.00. The molecule has 1 heterocycles. The van der Waals surface area contributed by atoms with Gasteiger partial charge in [0.15, 0.2) is 0 Å². The molecule has 96 valence electrons. The van der Waals surface area contributed by atoms with Crippen LogP contribution >= 0.6 is 0 Å². The van der Waals surface area contributed by atoms with Gasteiger partial charge in [0.25, 0.3) is 0 Å². The maximum absolute atomic E-state index is 12.4. The number of amides is 1. The van der Waals surface area contributed by atoms with Gasteiger partial charge in [-0.05, 0) is 25.7 Å². The third kappa shape index (κ3) is 1.68. The van der Waals surface area contributed by atoms with E-state index in [4.69, 9.17) is 5.11 Å². The predicted molar refractivity (Wildman–Crippen MR) is 50.1 cm³/mol. The molecule has 2 aliphatic rings. The Hall–Kier alpha value is -1.27. The normalized spacial score (nSPS) is 27.0. The van der Waals surface area contributed by atoms with Crippen molar-refractivity contribution in [1.29, 1.82) is 0 Å². The van der Waals surface area contributed by atoms with Gasteiger partial charge in [-0.2, -0.15) is 13.2 Å². The molecule has 7 heteroatoms. The van der Waals surface area contributed by atoms with Crippen LogP contribution in [0.4, 0.5) is 13.2 Å². The molecule has 1 unspecified atom stereocenters. The van der Waals surface area contributed by atoms with Gasteiger partial charge in [-0.3, -0.25) is 9.59 Å². The summed E-state index contributed by atoms with van der Waals surface area (Å²) in [5.74, 6) is -3.87. The van der Waals surface area contributed by atoms with Gasteiger partial charge in [0.1, 0.15) is 0 Å². The van der Waals surface area contributed by atoms with Crippen LogP contribution in [-0.4, -0.2) is 40.1 Å². The molecule has 2 rings (SSSR count). The minimum Gasteiger partial charge on any atom is -0.481 e. The summed E-state index contributed by atoms with van der Waals surface area (Å²) >= 11 is 0. The van der Waals surface area contributed by atoms with Crippen LogP contribution in [0, 0.1) is 5.92 Å². The van der Waals surface area contributed by atoms with Crippen LogP contribution in [0.15, 0.2) is 0 Å². The molecule has 17 heavy (non-hydrogen) atoms. The molecule has 0 aromatic heterocycles. The molecule has 1 saturated heterocycles. The van der Waals surface area contributed by atoms with E-state index in [0.29, 0.717) is 19.3 Å². The largest absolute Gasteiger partial charge is 0.481 e. The molecule has 1 spiro atoms. The van der Waals surface area contributed by atoms with Crippen LogP contribution in [0.25, 0.3) is 0 Å². The van der Waals surface area contributed by atoms with Gasteiger partial charge in [0.2, 0.25) is 0 Å². The van der Waals surface area contributed by atoms with Crippen LogP contribution in [0.3, 0.4) is 0 Å². The van der Waals surface area contributed by atoms with Gasteiger partial charge < -0.3 is 10.0 Å². The maximum atomic E-state index is 12.4. The van der Waals surface area contributed by atoms with Gasteiger partial charge in [0, 0.05) is 6.54 Å². The zero-order chi connectivity index (χ0) is 12.8. The Bertz CT molecular complexity index is 362. The van der Waals surface area contributed by atoms with E-state index < -0.39 is 29.5 Å². The number of halogens is 3. The highest BCUT2D eigenvalue weighted by Crippen LogP contribution is 2.50. The van der Waals surface area contributed by atoms with E-state index in [1.165, 1.54) is 0 Å². The lowest BCUT2D eigenvalue weighted by Gasteiger charge is -2.48. The first-order valence-corrected chi connectivity index (χ1v) is 5.40. The highest BCUT2D eigenvalue weighted by atomic mass is 19.4. The molecule has 0 bridgehead atoms. The molecule has 1 atom stereocenters. The number of likely N-dealkylation sites (tertiary alicyclic amines) is 1. The van der Waals surface area contributed by atoms with E-state index >= 15 is 0 Å². The Kier molecular flexibility index (Phi) is 2.59. The highest BCUT2D eigenvalue weighted by Gasteiger charge is 2.60. The minimum absolute atomic E-state index is 0.108. The Morgan fingerprint density at radius 1 is 1.29 bits per heavy atom. The van der Waals surface area contributed by atoms with Crippen molar-refractivity contribution in [2.45, 2.75) is 37.4 Å². The molecule has 1 aliphatic carbocycles. The Morgan fingerprint density at radius 2 is 1.88 bits per heavy atom. The number of carbonyl (C=O) groups excluding carboxylic acids is 1. The summed E-state index contributed by atoms with van der Waals surface area (Å²) in [4.78, 5) is 23.0. The van der Waals surface area contributed by atoms with E-state index in [1.54, 1.807) is 0 Å². The number of carboxylic acid groups (broad SMARTS) is 1. The molecule has 4 nitrogen and oxygen atoms in total. The summed E-state index contributed by atoms with van der Waals surface area (Å²) in [5.41, 5.74) is -1.08. The van der Waals surface area contributed by atoms with Crippen molar-refractivity contribution in [2.75, 3.05) is 6.54 Å². The number of carboxylic acids is 1. The highest BCUT2D eigenvalue weighted by molar-refractivity contribution is 5.85. The number of aliphatic carboxylic acids is 1. The Balaban J connectivity index is 2.26. The molecular weight excluding hydrogens is 239 g/mol. The molecule has 1 aliphatic heterocycles. The second-order valence-corrected chi connectivity index (χ2v) is 4.59. The molecular formula is C10H12F3NO3. The molecule has 0 aromatic rings. The van der Waals surface area contributed by atoms with Crippen LogP contribution in [0.1, 0.15) is 25.7 Å². The monoisotopic (exact) mass is 251 g/mol. The Morgan fingerprint density at radius 3 is 2.24 bits per heavy atom. The van der Waals surface area contributed by atoms with Crippen molar-refractivity contribution in [1.82, 2.24) is 4.90 Å². The third-order valence-electron chi connectivity index (χ3n) is 3.83. The SMILES string of the molecule is O=C(O)C1CCN(C(=O)C(F)(F)F)C12CCC2. The maximum Gasteiger partial charge on any atom is 0.471 e. The van der Waals surface area contributed by atoms with Gasteiger partial charge in [-0.25, -0.2) is 0 Å². The lowest BCUT2D eigenvalue weighted by molar-refractivity contribution is -0.194. The van der Waals surface area contributed by atoms with Crippen LogP contribution in [-0.2, 0) is 9.59 Å². The van der Waals surface area contributed by atoms with Gasteiger partial charge in [-0.1, -0.05) is 0 Å². The third-order valence-corrected chi connectivity index (χ3v) is 3.83. The first-order chi connectivity index (χ1) is 7.79. The standard InChI is InChI=1S/C10H12F3NO3/c11-10(12,13)8(17)14-5-2-6(7(15)16)9(14)3-1-4-9/h6H,1-5H2,(H,15,16). The van der Waals surface area contributed by atoms with Gasteiger partial charge >= 0.3 is 18.1 Å². The zero-order valence-corrected chi connectivity index (χ0v) is 8.96. The molecule has 0 aromatic carbocycles. The van der Waals surface area contributed by atoms with Crippen molar-refractivity contribution < 1.29 is 27.9 Å². The quantitative estimate of drug-likeness (QED) is 0.766. The van der Waals surface area contributed by atoms with E-state index in [2.05, 4.69) is 0 Å². The van der Waals surface area contributed by atoms with Crippen molar-refractivity contribution in [3.63, 3.8) is 0 Å². The molecule has 1 amide bonds. The van der Waals surface area contributed by atoms with E-state index in [9.17, 15) is 22.8 Å². The number of rotatable bonds is 1. The summed E-state index contributed by atoms with van der Waals surface area (Å²) < 4.78 is 37.2. The van der Waals surface area contributed by atoms with E-state index in [-0.39, 0.29) is 13.0 Å². The fourth-order valence-electron chi connectivity index (χ4n) is 2.91. The second-order valence-electron chi connectivity index (χ2n) is 4.59. The first kappa shape index (κ1) is 12.2. The van der Waals surface area contributed by atoms with E-state index in [1.807, 2.05) is 0 Å². The molecule has 1 N–H and O–H groups in total. The van der Waals surface area contributed by atoms with Crippen molar-refractivity contribution in [2.24, 2.45) is 5.92 Å². The van der Waals surface area contributed by atoms with Gasteiger partial charge in [-0.15, -0.1) is 0 Å². The predicted octanol–water partition coefficient (Wildman–Crippen LogP) is 1.40. The lowest BCUT2D eigenvalue weighted by atomic mass is 9.68. The summed E-state index contributed by atoms with van der Waals surface area (Å²) in [6, 6.07) is 0. The number of carbonyl (C=O) groups is 2. The topological polar surface area (TPSA) is 57.6 Å². The average molecular weight is 251 g/mol. The fraction of sp³-hybridized carbons (Fsp3) is 0.800. The number of hydrogen-bond acceptors (Lipinski definition) is 2. The van der Waals surface area contributed by atoms with E-state index in [0.717, 1.165) is 4.90 Å². The van der Waals surface area contributed by atoms with Crippen LogP contribution in [0.5, 0.6) is 0 Å². The molecule has 1 saturated carbocycles. The lowest BCUT2D eigenvalue weighted by Crippen LogP contribution is -2.59. The van der Waals surface area contributed by atoms with Crippen molar-refractivity contribution in [3.05, 3.63) is 0 Å². The van der Waals surface area contributed by atoms with Crippen molar-refractivity contribution >= 4 is 11.9 Å². The summed E-state index contributed by atoms with van der Waals surface area (Å²) in [7, 11) is 0. The summed E-state index contributed by atoms with van der Waals surface area (Å²) in [6.45, 7) is -0.116. The molecule has 0 radical (unpaired) electrons. The number of hydrogen-bond donors (Lipinski definition) is 1. The first-order valence-electron chi connectivity index (χ1n) is 5.40. The van der Waals surface area contributed by atoms with Gasteiger partial charge in [0.05, 0.1) is 11.5 Å². The molecule has 2 fully saturated rings. The number of nitrogens with zero attached hydrogens (tertiary/aromatic N) is 1. The average Bonchev–Trinajstić information content (AvgIpc) is 2.53. The van der Waals surface area contributed by atoms with Crippen LogP contribution < -0.4 is 0 Å². The van der Waals surface area contributed by atoms with Crippen molar-refractivity contribution in [3.8, 4) is 0 Å². The van der Waals surface area contributed by atoms with Crippen LogP contribution in [0.2, 0.25) is 0 Å². The summed E-state index contributed by atoms with van der Waals surface area (Å²) in [6.07, 6.45) is -3.43.